The molecular formula is C18H24FNO2. The fourth-order valence-corrected chi connectivity index (χ4v) is 2.71. The predicted molar refractivity (Wildman–Crippen MR) is 82.6 cm³/mol. The van der Waals surface area contributed by atoms with Gasteiger partial charge in [-0.05, 0) is 18.6 Å². The van der Waals surface area contributed by atoms with Crippen molar-refractivity contribution in [2.24, 2.45) is 5.92 Å². The van der Waals surface area contributed by atoms with Gasteiger partial charge in [-0.1, -0.05) is 45.1 Å². The van der Waals surface area contributed by atoms with Crippen molar-refractivity contribution < 1.29 is 13.9 Å². The van der Waals surface area contributed by atoms with Crippen molar-refractivity contribution in [2.45, 2.75) is 51.7 Å². The monoisotopic (exact) mass is 305 g/mol. The van der Waals surface area contributed by atoms with E-state index in [2.05, 4.69) is 6.92 Å². The molecule has 1 heterocycles. The third-order valence-electron chi connectivity index (χ3n) is 4.07. The van der Waals surface area contributed by atoms with Crippen molar-refractivity contribution >= 4 is 0 Å². The van der Waals surface area contributed by atoms with Gasteiger partial charge in [-0.15, -0.1) is 0 Å². The summed E-state index contributed by atoms with van der Waals surface area (Å²) in [5.74, 6) is -0.0913. The molecule has 0 atom stereocenters. The van der Waals surface area contributed by atoms with Crippen LogP contribution in [0.5, 0.6) is 0 Å². The summed E-state index contributed by atoms with van der Waals surface area (Å²) in [6.45, 7) is 3.52. The Hall–Kier alpha value is -1.44. The Labute approximate surface area is 132 Å². The van der Waals surface area contributed by atoms with E-state index in [1.165, 1.54) is 44.2 Å². The van der Waals surface area contributed by atoms with Crippen LogP contribution >= 0.6 is 0 Å². The average Bonchev–Trinajstić information content (AvgIpc) is 2.55. The highest BCUT2D eigenvalue weighted by Crippen LogP contribution is 2.28. The quantitative estimate of drug-likeness (QED) is 0.684. The molecule has 22 heavy (non-hydrogen) atoms. The van der Waals surface area contributed by atoms with Crippen molar-refractivity contribution in [3.05, 3.63) is 35.1 Å². The zero-order chi connectivity index (χ0) is 15.8. The first kappa shape index (κ1) is 16.9. The van der Waals surface area contributed by atoms with Crippen LogP contribution in [0.2, 0.25) is 0 Å². The first-order valence-electron chi connectivity index (χ1n) is 8.17. The van der Waals surface area contributed by atoms with E-state index >= 15 is 0 Å². The van der Waals surface area contributed by atoms with Gasteiger partial charge in [0.25, 0.3) is 0 Å². The lowest BCUT2D eigenvalue weighted by molar-refractivity contribution is -0.206. The SMILES string of the molecule is CCCCCCCC1COC(c2ccc(C#N)c(F)c2)OC1. The fraction of sp³-hybridized carbons (Fsp3) is 0.611. The highest BCUT2D eigenvalue weighted by atomic mass is 19.1. The summed E-state index contributed by atoms with van der Waals surface area (Å²) in [5.41, 5.74) is 0.683. The summed E-state index contributed by atoms with van der Waals surface area (Å²) in [6, 6.07) is 6.30. The van der Waals surface area contributed by atoms with Gasteiger partial charge >= 0.3 is 0 Å². The van der Waals surface area contributed by atoms with Crippen LogP contribution in [-0.2, 0) is 9.47 Å². The molecular weight excluding hydrogens is 281 g/mol. The van der Waals surface area contributed by atoms with E-state index in [9.17, 15) is 4.39 Å². The zero-order valence-electron chi connectivity index (χ0n) is 13.2. The molecule has 1 aromatic carbocycles. The van der Waals surface area contributed by atoms with Gasteiger partial charge in [-0.25, -0.2) is 4.39 Å². The molecule has 0 radical (unpaired) electrons. The highest BCUT2D eigenvalue weighted by molar-refractivity contribution is 5.33. The summed E-state index contributed by atoms with van der Waals surface area (Å²) in [5, 5.41) is 8.74. The molecule has 120 valence electrons. The normalized spacial score (nSPS) is 21.5. The molecule has 3 nitrogen and oxygen atoms in total. The van der Waals surface area contributed by atoms with Crippen LogP contribution in [0.3, 0.4) is 0 Å². The molecule has 1 aliphatic heterocycles. The van der Waals surface area contributed by atoms with Crippen molar-refractivity contribution in [3.63, 3.8) is 0 Å². The smallest absolute Gasteiger partial charge is 0.183 e. The van der Waals surface area contributed by atoms with Crippen molar-refractivity contribution in [3.8, 4) is 6.07 Å². The second-order valence-electron chi connectivity index (χ2n) is 5.92. The van der Waals surface area contributed by atoms with Crippen LogP contribution in [0.25, 0.3) is 0 Å². The third kappa shape index (κ3) is 4.79. The summed E-state index contributed by atoms with van der Waals surface area (Å²) in [7, 11) is 0. The minimum absolute atomic E-state index is 0.0458. The van der Waals surface area contributed by atoms with Crippen LogP contribution < -0.4 is 0 Å². The first-order valence-corrected chi connectivity index (χ1v) is 8.17. The highest BCUT2D eigenvalue weighted by Gasteiger charge is 2.23. The molecule has 1 aromatic rings. The number of benzene rings is 1. The maximum absolute atomic E-state index is 13.6. The van der Waals surface area contributed by atoms with E-state index in [1.807, 2.05) is 6.07 Å². The largest absolute Gasteiger partial charge is 0.348 e. The summed E-state index contributed by atoms with van der Waals surface area (Å²) in [6.07, 6.45) is 6.97. The van der Waals surface area contributed by atoms with Crippen molar-refractivity contribution in [1.29, 1.82) is 5.26 Å². The number of nitriles is 1. The van der Waals surface area contributed by atoms with Crippen molar-refractivity contribution in [1.82, 2.24) is 0 Å². The fourth-order valence-electron chi connectivity index (χ4n) is 2.71. The van der Waals surface area contributed by atoms with Crippen LogP contribution in [0.15, 0.2) is 18.2 Å². The van der Waals surface area contributed by atoms with E-state index in [0.717, 1.165) is 6.42 Å². The van der Waals surface area contributed by atoms with E-state index in [4.69, 9.17) is 14.7 Å². The number of halogens is 1. The molecule has 1 fully saturated rings. The minimum Gasteiger partial charge on any atom is -0.348 e. The van der Waals surface area contributed by atoms with Gasteiger partial charge in [0.15, 0.2) is 6.29 Å². The molecule has 0 N–H and O–H groups in total. The van der Waals surface area contributed by atoms with Gasteiger partial charge < -0.3 is 9.47 Å². The number of rotatable bonds is 7. The molecule has 1 saturated heterocycles. The van der Waals surface area contributed by atoms with Gasteiger partial charge in [-0.2, -0.15) is 5.26 Å². The summed E-state index contributed by atoms with van der Waals surface area (Å²) >= 11 is 0. The zero-order valence-corrected chi connectivity index (χ0v) is 13.2. The van der Waals surface area contributed by atoms with Gasteiger partial charge in [0, 0.05) is 11.5 Å². The van der Waals surface area contributed by atoms with Crippen LogP contribution in [0, 0.1) is 23.1 Å². The van der Waals surface area contributed by atoms with Crippen LogP contribution in [0.4, 0.5) is 4.39 Å². The Morgan fingerprint density at radius 2 is 1.91 bits per heavy atom. The molecule has 0 unspecified atom stereocenters. The van der Waals surface area contributed by atoms with Crippen molar-refractivity contribution in [2.75, 3.05) is 13.2 Å². The topological polar surface area (TPSA) is 42.2 Å². The van der Waals surface area contributed by atoms with E-state index in [0.29, 0.717) is 24.7 Å². The number of hydrogen-bond acceptors (Lipinski definition) is 3. The summed E-state index contributed by atoms with van der Waals surface area (Å²) in [4.78, 5) is 0. The Morgan fingerprint density at radius 3 is 2.55 bits per heavy atom. The molecule has 0 aliphatic carbocycles. The van der Waals surface area contributed by atoms with Crippen LogP contribution in [0.1, 0.15) is 62.9 Å². The molecule has 1 aliphatic rings. The van der Waals surface area contributed by atoms with Gasteiger partial charge in [0.2, 0.25) is 0 Å². The number of hydrogen-bond donors (Lipinski definition) is 0. The Kier molecular flexibility index (Phi) is 6.82. The number of unbranched alkanes of at least 4 members (excludes halogenated alkanes) is 4. The Morgan fingerprint density at radius 1 is 1.18 bits per heavy atom. The second-order valence-corrected chi connectivity index (χ2v) is 5.92. The number of ether oxygens (including phenoxy) is 2. The molecule has 0 bridgehead atoms. The maximum Gasteiger partial charge on any atom is 0.183 e. The summed E-state index contributed by atoms with van der Waals surface area (Å²) < 4.78 is 25.0. The van der Waals surface area contributed by atoms with E-state index in [-0.39, 0.29) is 5.56 Å². The molecule has 0 aromatic heterocycles. The van der Waals surface area contributed by atoms with E-state index < -0.39 is 12.1 Å². The van der Waals surface area contributed by atoms with E-state index in [1.54, 1.807) is 6.07 Å². The Bertz CT molecular complexity index is 504. The maximum atomic E-state index is 13.6. The molecule has 0 spiro atoms. The average molecular weight is 305 g/mol. The second kappa shape index (κ2) is 8.87. The standard InChI is InChI=1S/C18H24FNO2/c1-2-3-4-5-6-7-14-12-21-18(22-13-14)15-8-9-16(11-20)17(19)10-15/h8-10,14,18H,2-7,12-13H2,1H3. The third-order valence-corrected chi connectivity index (χ3v) is 4.07. The van der Waals surface area contributed by atoms with Gasteiger partial charge in [0.05, 0.1) is 18.8 Å². The lowest BCUT2D eigenvalue weighted by Gasteiger charge is -2.29. The lowest BCUT2D eigenvalue weighted by Crippen LogP contribution is -2.27. The Balaban J connectivity index is 1.75. The predicted octanol–water partition coefficient (Wildman–Crippen LogP) is 4.72. The van der Waals surface area contributed by atoms with Gasteiger partial charge in [0.1, 0.15) is 11.9 Å². The molecule has 4 heteroatoms. The molecule has 0 saturated carbocycles. The molecule has 0 amide bonds. The minimum atomic E-state index is -0.523. The molecule has 2 rings (SSSR count). The number of nitrogens with zero attached hydrogens (tertiary/aromatic N) is 1. The lowest BCUT2D eigenvalue weighted by atomic mass is 10.0. The first-order chi connectivity index (χ1) is 10.7. The van der Waals surface area contributed by atoms with Crippen LogP contribution in [-0.4, -0.2) is 13.2 Å². The van der Waals surface area contributed by atoms with Gasteiger partial charge in [-0.3, -0.25) is 0 Å².